The molecule has 0 aromatic carbocycles. The van der Waals surface area contributed by atoms with Crippen LogP contribution in [0.5, 0.6) is 0 Å². The van der Waals surface area contributed by atoms with Crippen molar-refractivity contribution < 1.29 is 15.0 Å². The highest BCUT2D eigenvalue weighted by Crippen LogP contribution is 2.34. The summed E-state index contributed by atoms with van der Waals surface area (Å²) in [6, 6.07) is 0. The molecule has 0 aromatic rings. The zero-order chi connectivity index (χ0) is 13.8. The molecule has 106 valence electrons. The van der Waals surface area contributed by atoms with Gasteiger partial charge < -0.3 is 15.1 Å². The maximum atomic E-state index is 10.5. The lowest BCUT2D eigenvalue weighted by atomic mass is 9.77. The zero-order valence-corrected chi connectivity index (χ0v) is 11.9. The van der Waals surface area contributed by atoms with Crippen LogP contribution in [0.1, 0.15) is 46.5 Å². The van der Waals surface area contributed by atoms with Crippen molar-refractivity contribution >= 4 is 5.97 Å². The molecule has 1 aliphatic rings. The lowest BCUT2D eigenvalue weighted by molar-refractivity contribution is -0.139. The first kappa shape index (κ1) is 15.4. The van der Waals surface area contributed by atoms with Gasteiger partial charge in [-0.25, -0.2) is 0 Å². The number of carboxylic acid groups (broad SMARTS) is 1. The number of likely N-dealkylation sites (tertiary alicyclic amines) is 1. The Kier molecular flexibility index (Phi) is 5.60. The number of carboxylic acids is 1. The number of hydrogen-bond acceptors (Lipinski definition) is 3. The van der Waals surface area contributed by atoms with E-state index in [1.54, 1.807) is 0 Å². The minimum atomic E-state index is -0.926. The monoisotopic (exact) mass is 257 g/mol. The van der Waals surface area contributed by atoms with Crippen molar-refractivity contribution in [1.29, 1.82) is 0 Å². The van der Waals surface area contributed by atoms with Gasteiger partial charge in [-0.1, -0.05) is 20.8 Å². The van der Waals surface area contributed by atoms with Crippen molar-refractivity contribution in [3.8, 4) is 0 Å². The summed E-state index contributed by atoms with van der Waals surface area (Å²) in [5, 5.41) is 18.3. The average molecular weight is 257 g/mol. The molecule has 2 N–H and O–H groups in total. The number of hydrogen-bond donors (Lipinski definition) is 2. The molecule has 0 aromatic heterocycles. The summed E-state index contributed by atoms with van der Waals surface area (Å²) >= 11 is 0. The van der Waals surface area contributed by atoms with E-state index >= 15 is 0 Å². The Labute approximate surface area is 110 Å². The van der Waals surface area contributed by atoms with Crippen LogP contribution in [0, 0.1) is 11.3 Å². The molecule has 4 heteroatoms. The second kappa shape index (κ2) is 6.53. The molecule has 1 aliphatic heterocycles. The molecular weight excluding hydrogens is 230 g/mol. The van der Waals surface area contributed by atoms with E-state index in [2.05, 4.69) is 25.7 Å². The first-order chi connectivity index (χ1) is 8.29. The maximum absolute atomic E-state index is 10.5. The molecule has 0 amide bonds. The topological polar surface area (TPSA) is 60.8 Å². The van der Waals surface area contributed by atoms with Crippen molar-refractivity contribution in [2.24, 2.45) is 11.3 Å². The quantitative estimate of drug-likeness (QED) is 0.808. The molecule has 1 saturated heterocycles. The van der Waals surface area contributed by atoms with Gasteiger partial charge in [0.25, 0.3) is 0 Å². The third kappa shape index (κ3) is 5.36. The second-order valence-electron chi connectivity index (χ2n) is 6.55. The molecular formula is C14H27NO3. The number of aliphatic carboxylic acids is 1. The molecule has 4 nitrogen and oxygen atoms in total. The standard InChI is InChI=1S/C14H27NO3/c1-14(2,3)11-5-4-7-15(8-6-11)10-12(16)9-13(17)18/h11-12,16H,4-10H2,1-3H3,(H,17,18). The Morgan fingerprint density at radius 2 is 2.00 bits per heavy atom. The highest BCUT2D eigenvalue weighted by Gasteiger charge is 2.27. The molecule has 2 atom stereocenters. The fraction of sp³-hybridized carbons (Fsp3) is 0.929. The van der Waals surface area contributed by atoms with Gasteiger partial charge in [0, 0.05) is 6.54 Å². The molecule has 0 aliphatic carbocycles. The smallest absolute Gasteiger partial charge is 0.306 e. The highest BCUT2D eigenvalue weighted by atomic mass is 16.4. The van der Waals surface area contributed by atoms with Crippen LogP contribution >= 0.6 is 0 Å². The number of carbonyl (C=O) groups is 1. The van der Waals surface area contributed by atoms with Crippen LogP contribution < -0.4 is 0 Å². The summed E-state index contributed by atoms with van der Waals surface area (Å²) in [7, 11) is 0. The molecule has 1 heterocycles. The largest absolute Gasteiger partial charge is 0.481 e. The number of rotatable bonds is 4. The van der Waals surface area contributed by atoms with E-state index in [1.807, 2.05) is 0 Å². The number of aliphatic hydroxyl groups is 1. The summed E-state index contributed by atoms with van der Waals surface area (Å²) in [6.45, 7) is 9.29. The van der Waals surface area contributed by atoms with Crippen molar-refractivity contribution in [2.75, 3.05) is 19.6 Å². The molecule has 1 fully saturated rings. The predicted molar refractivity (Wildman–Crippen MR) is 71.5 cm³/mol. The van der Waals surface area contributed by atoms with Crippen LogP contribution in [0.25, 0.3) is 0 Å². The van der Waals surface area contributed by atoms with Crippen LogP contribution in [0.15, 0.2) is 0 Å². The van der Waals surface area contributed by atoms with Gasteiger partial charge in [0.05, 0.1) is 12.5 Å². The summed E-state index contributed by atoms with van der Waals surface area (Å²) in [4.78, 5) is 12.7. The van der Waals surface area contributed by atoms with Crippen LogP contribution in [-0.2, 0) is 4.79 Å². The van der Waals surface area contributed by atoms with Gasteiger partial charge in [-0.05, 0) is 43.7 Å². The van der Waals surface area contributed by atoms with E-state index in [0.717, 1.165) is 31.8 Å². The lowest BCUT2D eigenvalue weighted by Crippen LogP contribution is -2.34. The van der Waals surface area contributed by atoms with Gasteiger partial charge in [-0.2, -0.15) is 0 Å². The van der Waals surface area contributed by atoms with Gasteiger partial charge in [-0.15, -0.1) is 0 Å². The lowest BCUT2D eigenvalue weighted by Gasteiger charge is -2.30. The molecule has 18 heavy (non-hydrogen) atoms. The van der Waals surface area contributed by atoms with Crippen molar-refractivity contribution in [1.82, 2.24) is 4.90 Å². The summed E-state index contributed by atoms with van der Waals surface area (Å²) in [5.41, 5.74) is 0.343. The van der Waals surface area contributed by atoms with Crippen molar-refractivity contribution in [3.63, 3.8) is 0 Å². The van der Waals surface area contributed by atoms with E-state index in [0.29, 0.717) is 12.0 Å². The minimum absolute atomic E-state index is 0.154. The van der Waals surface area contributed by atoms with Gasteiger partial charge in [0.1, 0.15) is 0 Å². The molecule has 0 radical (unpaired) electrons. The maximum Gasteiger partial charge on any atom is 0.306 e. The first-order valence-electron chi connectivity index (χ1n) is 6.91. The normalized spacial score (nSPS) is 24.6. The van der Waals surface area contributed by atoms with E-state index in [4.69, 9.17) is 5.11 Å². The van der Waals surface area contributed by atoms with E-state index in [1.165, 1.54) is 6.42 Å². The third-order valence-corrected chi connectivity index (χ3v) is 3.92. The Balaban J connectivity index is 2.40. The summed E-state index contributed by atoms with van der Waals surface area (Å²) in [6.07, 6.45) is 2.62. The zero-order valence-electron chi connectivity index (χ0n) is 11.9. The van der Waals surface area contributed by atoms with Gasteiger partial charge in [-0.3, -0.25) is 4.79 Å². The minimum Gasteiger partial charge on any atom is -0.481 e. The summed E-state index contributed by atoms with van der Waals surface area (Å²) < 4.78 is 0. The first-order valence-corrected chi connectivity index (χ1v) is 6.91. The SMILES string of the molecule is CC(C)(C)C1CCCN(CC(O)CC(=O)O)CC1. The Bertz CT molecular complexity index is 273. The fourth-order valence-electron chi connectivity index (χ4n) is 2.77. The van der Waals surface area contributed by atoms with Gasteiger partial charge in [0.2, 0.25) is 0 Å². The van der Waals surface area contributed by atoms with E-state index in [9.17, 15) is 9.90 Å². The second-order valence-corrected chi connectivity index (χ2v) is 6.55. The van der Waals surface area contributed by atoms with Gasteiger partial charge in [0.15, 0.2) is 0 Å². The average Bonchev–Trinajstić information content (AvgIpc) is 2.40. The molecule has 0 spiro atoms. The highest BCUT2D eigenvalue weighted by molar-refractivity contribution is 5.67. The fourth-order valence-corrected chi connectivity index (χ4v) is 2.77. The van der Waals surface area contributed by atoms with E-state index < -0.39 is 12.1 Å². The number of β-amino-alcohol motifs (C(OH)–C–C–N with tert-alkyl or cyclic N) is 1. The van der Waals surface area contributed by atoms with Crippen LogP contribution in [0.3, 0.4) is 0 Å². The summed E-state index contributed by atoms with van der Waals surface area (Å²) in [5.74, 6) is -0.205. The van der Waals surface area contributed by atoms with Crippen molar-refractivity contribution in [2.45, 2.75) is 52.6 Å². The molecule has 2 unspecified atom stereocenters. The Hall–Kier alpha value is -0.610. The van der Waals surface area contributed by atoms with Crippen LogP contribution in [0.2, 0.25) is 0 Å². The Morgan fingerprint density at radius 3 is 2.56 bits per heavy atom. The van der Waals surface area contributed by atoms with Gasteiger partial charge >= 0.3 is 5.97 Å². The molecule has 0 bridgehead atoms. The van der Waals surface area contributed by atoms with Crippen LogP contribution in [-0.4, -0.2) is 46.8 Å². The third-order valence-electron chi connectivity index (χ3n) is 3.92. The Morgan fingerprint density at radius 1 is 1.33 bits per heavy atom. The molecule has 1 rings (SSSR count). The number of aliphatic hydroxyl groups excluding tert-OH is 1. The van der Waals surface area contributed by atoms with Crippen LogP contribution in [0.4, 0.5) is 0 Å². The number of nitrogens with zero attached hydrogens (tertiary/aromatic N) is 1. The predicted octanol–water partition coefficient (Wildman–Crippen LogP) is 1.97. The van der Waals surface area contributed by atoms with Crippen molar-refractivity contribution in [3.05, 3.63) is 0 Å². The van der Waals surface area contributed by atoms with E-state index in [-0.39, 0.29) is 6.42 Å². The molecule has 0 saturated carbocycles.